The van der Waals surface area contributed by atoms with Gasteiger partial charge in [-0.2, -0.15) is 10.1 Å². The summed E-state index contributed by atoms with van der Waals surface area (Å²) < 4.78 is 0. The van der Waals surface area contributed by atoms with Crippen LogP contribution in [0, 0.1) is 0 Å². The molecule has 1 aliphatic heterocycles. The van der Waals surface area contributed by atoms with E-state index in [4.69, 9.17) is 0 Å². The van der Waals surface area contributed by atoms with Gasteiger partial charge in [-0.1, -0.05) is 0 Å². The summed E-state index contributed by atoms with van der Waals surface area (Å²) in [5, 5.41) is 8.97. The van der Waals surface area contributed by atoms with Gasteiger partial charge in [0.15, 0.2) is 0 Å². The molecule has 0 aliphatic carbocycles. The Bertz CT molecular complexity index is 612. The molecule has 1 unspecified atom stereocenters. The molecule has 0 spiro atoms. The number of amides is 1. The summed E-state index contributed by atoms with van der Waals surface area (Å²) in [5.74, 6) is 0.970. The molecule has 110 valence electrons. The summed E-state index contributed by atoms with van der Waals surface area (Å²) in [6.07, 6.45) is 6.61. The van der Waals surface area contributed by atoms with Gasteiger partial charge < -0.3 is 4.90 Å². The highest BCUT2D eigenvalue weighted by molar-refractivity contribution is 6.03. The van der Waals surface area contributed by atoms with Crippen LogP contribution in [-0.4, -0.2) is 38.7 Å². The highest BCUT2D eigenvalue weighted by Gasteiger charge is 2.20. The van der Waals surface area contributed by atoms with Gasteiger partial charge in [0.25, 0.3) is 5.91 Å². The van der Waals surface area contributed by atoms with Gasteiger partial charge >= 0.3 is 0 Å². The fourth-order valence-corrected chi connectivity index (χ4v) is 2.60. The number of anilines is 2. The molecule has 1 amide bonds. The quantitative estimate of drug-likeness (QED) is 0.899. The van der Waals surface area contributed by atoms with E-state index in [0.717, 1.165) is 18.8 Å². The maximum absolute atomic E-state index is 12.2. The van der Waals surface area contributed by atoms with Crippen LogP contribution in [0.4, 0.5) is 11.8 Å². The topological polar surface area (TPSA) is 86.8 Å². The highest BCUT2D eigenvalue weighted by Crippen LogP contribution is 2.23. The molecule has 0 saturated carbocycles. The Kier molecular flexibility index (Phi) is 3.81. The molecule has 1 aliphatic rings. The van der Waals surface area contributed by atoms with Crippen molar-refractivity contribution < 1.29 is 4.79 Å². The van der Waals surface area contributed by atoms with E-state index in [1.54, 1.807) is 12.3 Å². The van der Waals surface area contributed by atoms with E-state index < -0.39 is 0 Å². The van der Waals surface area contributed by atoms with Gasteiger partial charge in [0.2, 0.25) is 5.95 Å². The van der Waals surface area contributed by atoms with Gasteiger partial charge in [0, 0.05) is 24.3 Å². The lowest BCUT2D eigenvalue weighted by Crippen LogP contribution is -2.38. The van der Waals surface area contributed by atoms with Crippen molar-refractivity contribution in [3.05, 3.63) is 30.2 Å². The van der Waals surface area contributed by atoms with Gasteiger partial charge in [0.1, 0.15) is 12.1 Å². The molecule has 0 radical (unpaired) electrons. The molecule has 3 heterocycles. The lowest BCUT2D eigenvalue weighted by Gasteiger charge is -2.34. The van der Waals surface area contributed by atoms with Gasteiger partial charge in [0.05, 0.1) is 0 Å². The van der Waals surface area contributed by atoms with Crippen molar-refractivity contribution in [2.24, 2.45) is 0 Å². The lowest BCUT2D eigenvalue weighted by atomic mass is 10.0. The van der Waals surface area contributed by atoms with E-state index in [2.05, 4.69) is 37.3 Å². The maximum atomic E-state index is 12.2. The molecule has 0 bridgehead atoms. The minimum Gasteiger partial charge on any atom is -0.354 e. The van der Waals surface area contributed by atoms with E-state index in [-0.39, 0.29) is 5.91 Å². The summed E-state index contributed by atoms with van der Waals surface area (Å²) in [6, 6.07) is 3.98. The van der Waals surface area contributed by atoms with Crippen molar-refractivity contribution in [1.82, 2.24) is 20.2 Å². The first-order valence-corrected chi connectivity index (χ1v) is 7.13. The molecule has 2 N–H and O–H groups in total. The molecule has 7 heteroatoms. The molecule has 0 aromatic carbocycles. The van der Waals surface area contributed by atoms with Crippen molar-refractivity contribution in [3.8, 4) is 0 Å². The Labute approximate surface area is 122 Å². The Balaban J connectivity index is 1.77. The third-order valence-corrected chi connectivity index (χ3v) is 3.75. The Morgan fingerprint density at radius 1 is 1.43 bits per heavy atom. The molecular formula is C14H18N6O. The first-order chi connectivity index (χ1) is 10.2. The van der Waals surface area contributed by atoms with Gasteiger partial charge in [-0.15, -0.1) is 0 Å². The highest BCUT2D eigenvalue weighted by atomic mass is 16.1. The Morgan fingerprint density at radius 2 is 2.33 bits per heavy atom. The number of carbonyl (C=O) groups excluding carboxylic acids is 1. The van der Waals surface area contributed by atoms with Crippen LogP contribution in [0.25, 0.3) is 0 Å². The monoisotopic (exact) mass is 286 g/mol. The van der Waals surface area contributed by atoms with Crippen LogP contribution in [0.3, 0.4) is 0 Å². The average molecular weight is 286 g/mol. The summed E-state index contributed by atoms with van der Waals surface area (Å²) in [5.41, 5.74) is 0.564. The van der Waals surface area contributed by atoms with E-state index >= 15 is 0 Å². The van der Waals surface area contributed by atoms with E-state index in [1.165, 1.54) is 19.2 Å². The Hall–Kier alpha value is -2.44. The van der Waals surface area contributed by atoms with Crippen molar-refractivity contribution in [2.45, 2.75) is 32.2 Å². The summed E-state index contributed by atoms with van der Waals surface area (Å²) in [7, 11) is 0. The first kappa shape index (κ1) is 13.5. The zero-order valence-electron chi connectivity index (χ0n) is 11.9. The Morgan fingerprint density at radius 3 is 3.10 bits per heavy atom. The third kappa shape index (κ3) is 3.01. The van der Waals surface area contributed by atoms with Gasteiger partial charge in [-0.25, -0.2) is 10.1 Å². The second-order valence-electron chi connectivity index (χ2n) is 5.23. The SMILES string of the molecule is CC1CCCCN1c1cc(C(=O)Nc2ncn[nH]2)ccn1. The number of carbonyl (C=O) groups is 1. The normalized spacial score (nSPS) is 18.5. The van der Waals surface area contributed by atoms with Gasteiger partial charge in [-0.05, 0) is 38.3 Å². The number of aromatic amines is 1. The summed E-state index contributed by atoms with van der Waals surface area (Å²) in [4.78, 5) is 22.7. The second-order valence-corrected chi connectivity index (χ2v) is 5.23. The van der Waals surface area contributed by atoms with Crippen LogP contribution < -0.4 is 10.2 Å². The number of hydrogen-bond acceptors (Lipinski definition) is 5. The molecular weight excluding hydrogens is 268 g/mol. The predicted octanol–water partition coefficient (Wildman–Crippen LogP) is 1.83. The standard InChI is InChI=1S/C14H18N6O/c1-10-4-2-3-7-20(10)12-8-11(5-6-15-12)13(21)18-14-16-9-17-19-14/h5-6,8-10H,2-4,7H2,1H3,(H2,16,17,18,19,21). The minimum absolute atomic E-state index is 0.222. The van der Waals surface area contributed by atoms with E-state index in [0.29, 0.717) is 17.6 Å². The molecule has 7 nitrogen and oxygen atoms in total. The second kappa shape index (κ2) is 5.90. The van der Waals surface area contributed by atoms with Crippen LogP contribution in [0.15, 0.2) is 24.7 Å². The maximum Gasteiger partial charge on any atom is 0.258 e. The first-order valence-electron chi connectivity index (χ1n) is 7.13. The number of piperidine rings is 1. The molecule has 2 aromatic rings. The van der Waals surface area contributed by atoms with E-state index in [9.17, 15) is 4.79 Å². The predicted molar refractivity (Wildman–Crippen MR) is 79.2 cm³/mol. The molecule has 1 saturated heterocycles. The molecule has 1 atom stereocenters. The van der Waals surface area contributed by atoms with Crippen molar-refractivity contribution in [3.63, 3.8) is 0 Å². The lowest BCUT2D eigenvalue weighted by molar-refractivity contribution is 0.102. The smallest absolute Gasteiger partial charge is 0.258 e. The van der Waals surface area contributed by atoms with Crippen LogP contribution in [0.2, 0.25) is 0 Å². The van der Waals surface area contributed by atoms with Crippen molar-refractivity contribution in [1.29, 1.82) is 0 Å². The minimum atomic E-state index is -0.222. The number of H-pyrrole nitrogens is 1. The van der Waals surface area contributed by atoms with Crippen molar-refractivity contribution >= 4 is 17.7 Å². The summed E-state index contributed by atoms with van der Waals surface area (Å²) >= 11 is 0. The number of rotatable bonds is 3. The molecule has 3 rings (SSSR count). The number of hydrogen-bond donors (Lipinski definition) is 2. The fraction of sp³-hybridized carbons (Fsp3) is 0.429. The van der Waals surface area contributed by atoms with Crippen molar-refractivity contribution in [2.75, 3.05) is 16.8 Å². The zero-order chi connectivity index (χ0) is 14.7. The number of nitrogens with zero attached hydrogens (tertiary/aromatic N) is 4. The van der Waals surface area contributed by atoms with Crippen LogP contribution in [-0.2, 0) is 0 Å². The van der Waals surface area contributed by atoms with Crippen LogP contribution in [0.1, 0.15) is 36.5 Å². The number of nitrogens with one attached hydrogen (secondary N) is 2. The number of pyridine rings is 1. The third-order valence-electron chi connectivity index (χ3n) is 3.75. The summed E-state index contributed by atoms with van der Waals surface area (Å²) in [6.45, 7) is 3.18. The van der Waals surface area contributed by atoms with Crippen LogP contribution in [0.5, 0.6) is 0 Å². The molecule has 2 aromatic heterocycles. The zero-order valence-corrected chi connectivity index (χ0v) is 11.9. The van der Waals surface area contributed by atoms with Crippen LogP contribution >= 0.6 is 0 Å². The fourth-order valence-electron chi connectivity index (χ4n) is 2.60. The molecule has 1 fully saturated rings. The average Bonchev–Trinajstić information content (AvgIpc) is 3.01. The molecule has 21 heavy (non-hydrogen) atoms. The largest absolute Gasteiger partial charge is 0.354 e. The number of aromatic nitrogens is 4. The van der Waals surface area contributed by atoms with E-state index in [1.807, 2.05) is 6.07 Å². The van der Waals surface area contributed by atoms with Gasteiger partial charge in [-0.3, -0.25) is 10.1 Å².